The zero-order valence-electron chi connectivity index (χ0n) is 50.2. The Balaban J connectivity index is 4.32. The number of carboxylic acid groups (broad SMARTS) is 1. The van der Waals surface area contributed by atoms with Gasteiger partial charge in [-0.05, 0) is 135 Å². The van der Waals surface area contributed by atoms with Gasteiger partial charge in [-0.25, -0.2) is 4.79 Å². The van der Waals surface area contributed by atoms with E-state index in [0.717, 1.165) is 128 Å². The lowest BCUT2D eigenvalue weighted by molar-refractivity contribution is -0.870. The maximum Gasteiger partial charge on any atom is 0.361 e. The average molecular weight is 1090 g/mol. The smallest absolute Gasteiger partial charge is 0.361 e. The number of ether oxygens (including phenoxy) is 4. The van der Waals surface area contributed by atoms with Crippen LogP contribution < -0.4 is 0 Å². The summed E-state index contributed by atoms with van der Waals surface area (Å²) in [5.74, 6) is -2.11. The Hall–Kier alpha value is -5.35. The molecule has 0 bridgehead atoms. The molecule has 2 atom stereocenters. The van der Waals surface area contributed by atoms with Crippen LogP contribution in [0, 0.1) is 0 Å². The van der Waals surface area contributed by atoms with Crippen LogP contribution in [0.3, 0.4) is 0 Å². The van der Waals surface area contributed by atoms with Gasteiger partial charge in [0.15, 0.2) is 6.10 Å². The predicted octanol–water partition coefficient (Wildman–Crippen LogP) is 18.3. The normalized spacial score (nSPS) is 14.0. The van der Waals surface area contributed by atoms with E-state index in [1.165, 1.54) is 25.7 Å². The number of hydrogen-bond acceptors (Lipinski definition) is 7. The van der Waals surface area contributed by atoms with Crippen molar-refractivity contribution < 1.29 is 42.9 Å². The molecule has 442 valence electrons. The van der Waals surface area contributed by atoms with Crippen LogP contribution in [0.15, 0.2) is 170 Å². The Morgan fingerprint density at radius 2 is 0.722 bits per heavy atom. The first-order valence-electron chi connectivity index (χ1n) is 30.3. The number of esters is 2. The summed E-state index contributed by atoms with van der Waals surface area (Å²) in [6.07, 6.45) is 85.9. The Labute approximate surface area is 482 Å². The van der Waals surface area contributed by atoms with Crippen LogP contribution in [0.1, 0.15) is 194 Å². The van der Waals surface area contributed by atoms with Crippen molar-refractivity contribution in [3.63, 3.8) is 0 Å². The van der Waals surface area contributed by atoms with Crippen molar-refractivity contribution in [2.45, 2.75) is 206 Å². The van der Waals surface area contributed by atoms with Crippen molar-refractivity contribution in [2.75, 3.05) is 47.5 Å². The van der Waals surface area contributed by atoms with Crippen LogP contribution in [-0.4, -0.2) is 87.4 Å². The van der Waals surface area contributed by atoms with Crippen LogP contribution >= 0.6 is 0 Å². The Morgan fingerprint density at radius 3 is 1.10 bits per heavy atom. The highest BCUT2D eigenvalue weighted by Crippen LogP contribution is 2.12. The maximum atomic E-state index is 12.9. The largest absolute Gasteiger partial charge is 0.477 e. The Morgan fingerprint density at radius 1 is 0.392 bits per heavy atom. The lowest BCUT2D eigenvalue weighted by atomic mass is 10.1. The highest BCUT2D eigenvalue weighted by Gasteiger charge is 2.25. The van der Waals surface area contributed by atoms with Gasteiger partial charge in [0.2, 0.25) is 0 Å². The van der Waals surface area contributed by atoms with Crippen molar-refractivity contribution in [2.24, 2.45) is 0 Å². The molecule has 2 unspecified atom stereocenters. The number of quaternary nitrogens is 1. The van der Waals surface area contributed by atoms with Gasteiger partial charge in [0.1, 0.15) is 13.2 Å². The average Bonchev–Trinajstić information content (AvgIpc) is 3.42. The van der Waals surface area contributed by atoms with Gasteiger partial charge in [0.25, 0.3) is 6.29 Å². The number of unbranched alkanes of at least 4 members (excludes halogenated alkanes) is 10. The molecule has 0 aliphatic heterocycles. The number of carbonyl (C=O) groups excluding carboxylic acids is 2. The molecular weight excluding hydrogens is 983 g/mol. The molecule has 9 nitrogen and oxygen atoms in total. The van der Waals surface area contributed by atoms with E-state index >= 15 is 0 Å². The monoisotopic (exact) mass is 1090 g/mol. The molecule has 0 rings (SSSR count). The van der Waals surface area contributed by atoms with Crippen molar-refractivity contribution in [3.8, 4) is 0 Å². The van der Waals surface area contributed by atoms with Gasteiger partial charge in [0, 0.05) is 12.8 Å². The lowest BCUT2D eigenvalue weighted by Crippen LogP contribution is -2.40. The number of nitrogens with zero attached hydrogens (tertiary/aromatic N) is 1. The molecule has 0 aromatic rings. The van der Waals surface area contributed by atoms with Crippen LogP contribution in [0.5, 0.6) is 0 Å². The van der Waals surface area contributed by atoms with Gasteiger partial charge >= 0.3 is 17.9 Å². The molecule has 0 fully saturated rings. The summed E-state index contributed by atoms with van der Waals surface area (Å²) in [5, 5.41) is 9.69. The van der Waals surface area contributed by atoms with E-state index in [2.05, 4.69) is 184 Å². The fraction of sp³-hybridized carbons (Fsp3) is 0.557. The van der Waals surface area contributed by atoms with Crippen LogP contribution in [0.4, 0.5) is 0 Å². The van der Waals surface area contributed by atoms with E-state index < -0.39 is 24.3 Å². The predicted molar refractivity (Wildman–Crippen MR) is 336 cm³/mol. The number of allylic oxidation sites excluding steroid dienone is 28. The third kappa shape index (κ3) is 60.1. The summed E-state index contributed by atoms with van der Waals surface area (Å²) in [4.78, 5) is 37.4. The third-order valence-electron chi connectivity index (χ3n) is 12.0. The van der Waals surface area contributed by atoms with Crippen LogP contribution in [0.2, 0.25) is 0 Å². The second-order valence-electron chi connectivity index (χ2n) is 20.6. The standard InChI is InChI=1S/C70H109NO8/c1-6-8-10-12-14-16-18-20-22-23-24-25-26-27-28-29-30-31-32-33-34-35-36-37-38-39-40-41-42-43-44-45-47-49-51-53-55-57-59-61-68(73)79-66(65-78-70(69(74)75)76-63-62-71(3,4)5)64-77-67(72)60-58-56-54-52-50-48-46-21-19-17-15-13-11-9-7-2/h8,10,14-17,20-22,24-25,27-28,30-31,33-34,36-37,39-40,42-43,45-47,51,53,66,70H,6-7,9,11-13,18-19,23,26,29,32,35,38,41,44,48-50,52,54-65H2,1-5H3/p+1/b10-8-,16-14-,17-15-,22-20-,25-24-,28-27-,31-30-,34-33-,37-36-,40-39-,43-42-,46-21-,47-45-,53-51-. The first-order chi connectivity index (χ1) is 38.6. The quantitative estimate of drug-likeness (QED) is 0.0211. The SMILES string of the molecule is CC/C=C\C/C=C\C/C=C\C/C=C\C/C=C\C/C=C\C/C=C\C/C=C\C/C=C\C/C=C\C/C=C\C/C=C\CCCCC(=O)OC(COC(=O)CCCCCCC/C=C\C/C=C\CCCCC)COC(OCC[N+](C)(C)C)C(=O)O. The molecule has 9 heteroatoms. The molecule has 0 spiro atoms. The van der Waals surface area contributed by atoms with Crippen molar-refractivity contribution in [3.05, 3.63) is 170 Å². The fourth-order valence-corrected chi connectivity index (χ4v) is 7.32. The van der Waals surface area contributed by atoms with E-state index in [1.54, 1.807) is 0 Å². The molecular formula is C70H110NO8+. The summed E-state index contributed by atoms with van der Waals surface area (Å²) in [7, 11) is 5.93. The van der Waals surface area contributed by atoms with Gasteiger partial charge < -0.3 is 28.5 Å². The second-order valence-corrected chi connectivity index (χ2v) is 20.6. The molecule has 0 aliphatic carbocycles. The zero-order chi connectivity index (χ0) is 57.6. The summed E-state index contributed by atoms with van der Waals surface area (Å²) >= 11 is 0. The van der Waals surface area contributed by atoms with E-state index in [4.69, 9.17) is 18.9 Å². The van der Waals surface area contributed by atoms with Gasteiger partial charge in [-0.2, -0.15) is 0 Å². The van der Waals surface area contributed by atoms with Gasteiger partial charge in [-0.3, -0.25) is 9.59 Å². The van der Waals surface area contributed by atoms with E-state index in [9.17, 15) is 19.5 Å². The first-order valence-corrected chi connectivity index (χ1v) is 30.3. The number of carboxylic acids is 1. The van der Waals surface area contributed by atoms with Gasteiger partial charge in [-0.1, -0.05) is 216 Å². The minimum absolute atomic E-state index is 0.167. The summed E-state index contributed by atoms with van der Waals surface area (Å²) in [6, 6.07) is 0. The highest BCUT2D eigenvalue weighted by molar-refractivity contribution is 5.71. The minimum atomic E-state index is -1.54. The number of likely N-dealkylation sites (N-methyl/N-ethyl adjacent to an activating group) is 1. The zero-order valence-corrected chi connectivity index (χ0v) is 50.2. The van der Waals surface area contributed by atoms with Gasteiger partial charge in [-0.15, -0.1) is 0 Å². The van der Waals surface area contributed by atoms with Crippen molar-refractivity contribution >= 4 is 17.9 Å². The molecule has 79 heavy (non-hydrogen) atoms. The summed E-state index contributed by atoms with van der Waals surface area (Å²) < 4.78 is 22.8. The third-order valence-corrected chi connectivity index (χ3v) is 12.0. The molecule has 0 saturated carbocycles. The molecule has 1 N–H and O–H groups in total. The molecule has 0 aromatic carbocycles. The fourth-order valence-electron chi connectivity index (χ4n) is 7.32. The van der Waals surface area contributed by atoms with Crippen LogP contribution in [-0.2, 0) is 33.3 Å². The summed E-state index contributed by atoms with van der Waals surface area (Å²) in [6.45, 7) is 4.63. The number of aliphatic carboxylic acids is 1. The minimum Gasteiger partial charge on any atom is -0.477 e. The lowest BCUT2D eigenvalue weighted by Gasteiger charge is -2.25. The topological polar surface area (TPSA) is 108 Å². The molecule has 0 aromatic heterocycles. The van der Waals surface area contributed by atoms with Crippen molar-refractivity contribution in [1.29, 1.82) is 0 Å². The van der Waals surface area contributed by atoms with Crippen LogP contribution in [0.25, 0.3) is 0 Å². The molecule has 0 radical (unpaired) electrons. The van der Waals surface area contributed by atoms with E-state index in [0.29, 0.717) is 23.9 Å². The van der Waals surface area contributed by atoms with E-state index in [-0.39, 0.29) is 38.6 Å². The van der Waals surface area contributed by atoms with Crippen molar-refractivity contribution in [1.82, 2.24) is 0 Å². The maximum absolute atomic E-state index is 12.9. The number of rotatable bonds is 53. The molecule has 0 saturated heterocycles. The first kappa shape index (κ1) is 73.7. The molecule has 0 amide bonds. The highest BCUT2D eigenvalue weighted by atomic mass is 16.7. The molecule has 0 aliphatic rings. The second kappa shape index (κ2) is 58.8. The Bertz CT molecular complexity index is 1900. The molecule has 0 heterocycles. The Kier molecular flexibility index (Phi) is 54.8. The number of carbonyl (C=O) groups is 3. The number of hydrogen-bond donors (Lipinski definition) is 1. The van der Waals surface area contributed by atoms with Gasteiger partial charge in [0.05, 0.1) is 34.4 Å². The van der Waals surface area contributed by atoms with E-state index in [1.807, 2.05) is 21.1 Å². The summed E-state index contributed by atoms with van der Waals surface area (Å²) in [5.41, 5.74) is 0.